The Kier molecular flexibility index (Phi) is 4.17. The summed E-state index contributed by atoms with van der Waals surface area (Å²) in [6.07, 6.45) is 8.99. The number of benzene rings is 1. The van der Waals surface area contributed by atoms with Gasteiger partial charge in [-0.1, -0.05) is 23.7 Å². The molecule has 1 aromatic carbocycles. The summed E-state index contributed by atoms with van der Waals surface area (Å²) in [6.45, 7) is 3.40. The highest BCUT2D eigenvalue weighted by Gasteiger charge is 2.54. The van der Waals surface area contributed by atoms with Gasteiger partial charge in [0.2, 0.25) is 0 Å². The molecule has 2 aromatic rings. The Bertz CT molecular complexity index is 760. The van der Waals surface area contributed by atoms with Gasteiger partial charge in [-0.2, -0.15) is 0 Å². The van der Waals surface area contributed by atoms with Crippen LogP contribution in [0.5, 0.6) is 0 Å². The predicted molar refractivity (Wildman–Crippen MR) is 105 cm³/mol. The van der Waals surface area contributed by atoms with Crippen molar-refractivity contribution < 1.29 is 9.73 Å². The number of hydrogen-bond acceptors (Lipinski definition) is 1. The minimum absolute atomic E-state index is 0.594. The van der Waals surface area contributed by atoms with Crippen molar-refractivity contribution in [1.82, 2.24) is 0 Å². The lowest BCUT2D eigenvalue weighted by Crippen LogP contribution is -2.91. The fourth-order valence-corrected chi connectivity index (χ4v) is 6.75. The number of quaternary nitrogens is 1. The largest absolute Gasteiger partial charge is 0.455 e. The Morgan fingerprint density at radius 3 is 2.42 bits per heavy atom. The molecule has 4 bridgehead atoms. The van der Waals surface area contributed by atoms with Crippen LogP contribution in [0.15, 0.2) is 40.8 Å². The van der Waals surface area contributed by atoms with Crippen LogP contribution in [-0.2, 0) is 6.54 Å². The predicted octanol–water partition coefficient (Wildman–Crippen LogP) is 5.27. The van der Waals surface area contributed by atoms with Crippen LogP contribution in [0.2, 0.25) is 5.02 Å². The van der Waals surface area contributed by atoms with Gasteiger partial charge in [-0.3, -0.25) is 0 Å². The number of furan rings is 1. The van der Waals surface area contributed by atoms with E-state index in [0.717, 1.165) is 46.4 Å². The molecule has 0 radical (unpaired) electrons. The summed E-state index contributed by atoms with van der Waals surface area (Å²) in [4.78, 5) is 0. The van der Waals surface area contributed by atoms with Gasteiger partial charge in [0, 0.05) is 16.0 Å². The molecule has 26 heavy (non-hydrogen) atoms. The summed E-state index contributed by atoms with van der Waals surface area (Å²) in [7, 11) is 0. The highest BCUT2D eigenvalue weighted by Crippen LogP contribution is 2.60. The van der Waals surface area contributed by atoms with Gasteiger partial charge in [-0.25, -0.2) is 0 Å². The fraction of sp³-hybridized carbons (Fsp3) is 0.565. The molecular formula is C23H29ClNO+. The van der Waals surface area contributed by atoms with Crippen LogP contribution in [0.1, 0.15) is 51.2 Å². The van der Waals surface area contributed by atoms with E-state index in [4.69, 9.17) is 16.0 Å². The van der Waals surface area contributed by atoms with Crippen LogP contribution in [-0.4, -0.2) is 6.04 Å². The van der Waals surface area contributed by atoms with Crippen molar-refractivity contribution in [3.05, 3.63) is 47.2 Å². The van der Waals surface area contributed by atoms with Crippen molar-refractivity contribution in [2.75, 3.05) is 0 Å². The Hall–Kier alpha value is -1.25. The number of hydrogen-bond donors (Lipinski definition) is 1. The summed E-state index contributed by atoms with van der Waals surface area (Å²) in [6, 6.07) is 12.8. The van der Waals surface area contributed by atoms with E-state index < -0.39 is 0 Å². The van der Waals surface area contributed by atoms with E-state index >= 15 is 0 Å². The average Bonchev–Trinajstić information content (AvgIpc) is 3.07. The van der Waals surface area contributed by atoms with Gasteiger partial charge in [-0.05, 0) is 87.5 Å². The molecule has 4 aliphatic carbocycles. The third kappa shape index (κ3) is 3.01. The Morgan fingerprint density at radius 1 is 1.08 bits per heavy atom. The van der Waals surface area contributed by atoms with E-state index in [0.29, 0.717) is 11.5 Å². The first kappa shape index (κ1) is 16.9. The van der Waals surface area contributed by atoms with Gasteiger partial charge >= 0.3 is 0 Å². The molecule has 1 atom stereocenters. The molecule has 1 aromatic heterocycles. The normalized spacial score (nSPS) is 33.5. The van der Waals surface area contributed by atoms with E-state index in [-0.39, 0.29) is 0 Å². The lowest BCUT2D eigenvalue weighted by molar-refractivity contribution is -0.718. The van der Waals surface area contributed by atoms with Crippen molar-refractivity contribution in [2.45, 2.75) is 58.0 Å². The van der Waals surface area contributed by atoms with Gasteiger partial charge in [0.25, 0.3) is 0 Å². The maximum absolute atomic E-state index is 6.11. The number of nitrogens with two attached hydrogens (primary N) is 1. The van der Waals surface area contributed by atoms with Crippen molar-refractivity contribution in [2.24, 2.45) is 23.2 Å². The third-order valence-electron chi connectivity index (χ3n) is 7.49. The summed E-state index contributed by atoms with van der Waals surface area (Å²) in [5.74, 6) is 5.05. The average molecular weight is 371 g/mol. The van der Waals surface area contributed by atoms with Gasteiger partial charge in [0.05, 0.1) is 6.04 Å². The van der Waals surface area contributed by atoms with E-state index in [1.165, 1.54) is 38.5 Å². The molecule has 1 heterocycles. The molecule has 138 valence electrons. The maximum Gasteiger partial charge on any atom is 0.158 e. The highest BCUT2D eigenvalue weighted by atomic mass is 35.5. The molecule has 0 amide bonds. The molecule has 4 saturated carbocycles. The lowest BCUT2D eigenvalue weighted by Gasteiger charge is -2.57. The summed E-state index contributed by atoms with van der Waals surface area (Å²) >= 11 is 6.11. The van der Waals surface area contributed by atoms with Crippen LogP contribution in [0.4, 0.5) is 0 Å². The molecule has 6 rings (SSSR count). The second-order valence-corrected chi connectivity index (χ2v) is 9.72. The Morgan fingerprint density at radius 2 is 1.77 bits per heavy atom. The monoisotopic (exact) mass is 370 g/mol. The van der Waals surface area contributed by atoms with Crippen molar-refractivity contribution >= 4 is 11.6 Å². The summed E-state index contributed by atoms with van der Waals surface area (Å²) in [5, 5.41) is 3.29. The SMILES string of the molecule is C[C@H]([NH2+]Cc1ccc(-c2cccc(Cl)c2)o1)C12CC3CC(CC(C3)C1)C2. The zero-order chi connectivity index (χ0) is 17.7. The Labute approximate surface area is 161 Å². The lowest BCUT2D eigenvalue weighted by atomic mass is 9.48. The van der Waals surface area contributed by atoms with Crippen LogP contribution < -0.4 is 5.32 Å². The van der Waals surface area contributed by atoms with Gasteiger partial charge in [-0.15, -0.1) is 0 Å². The van der Waals surface area contributed by atoms with E-state index in [9.17, 15) is 0 Å². The molecule has 0 saturated heterocycles. The first-order chi connectivity index (χ1) is 12.6. The smallest absolute Gasteiger partial charge is 0.158 e. The molecule has 2 N–H and O–H groups in total. The molecule has 0 unspecified atom stereocenters. The van der Waals surface area contributed by atoms with E-state index in [2.05, 4.69) is 30.4 Å². The zero-order valence-corrected chi connectivity index (χ0v) is 16.3. The standard InChI is InChI=1S/C23H28ClNO/c1-15(23-11-16-7-17(12-23)9-18(8-16)13-23)25-14-21-5-6-22(26-21)19-3-2-4-20(24)10-19/h2-6,10,15-18,25H,7-9,11-14H2,1H3/p+1/t15-,16?,17?,18?,23?/m0/s1. The summed E-state index contributed by atoms with van der Waals surface area (Å²) in [5.41, 5.74) is 1.65. The number of rotatable bonds is 5. The molecule has 3 heteroatoms. The topological polar surface area (TPSA) is 29.8 Å². The van der Waals surface area contributed by atoms with Gasteiger partial charge in [0.15, 0.2) is 5.76 Å². The second-order valence-electron chi connectivity index (χ2n) is 9.28. The quantitative estimate of drug-likeness (QED) is 0.763. The van der Waals surface area contributed by atoms with Crippen LogP contribution in [0, 0.1) is 23.2 Å². The van der Waals surface area contributed by atoms with Crippen LogP contribution in [0.3, 0.4) is 0 Å². The first-order valence-electron chi connectivity index (χ1n) is 10.3. The van der Waals surface area contributed by atoms with Crippen molar-refractivity contribution in [1.29, 1.82) is 0 Å². The van der Waals surface area contributed by atoms with E-state index in [1.54, 1.807) is 0 Å². The van der Waals surface area contributed by atoms with Crippen LogP contribution in [0.25, 0.3) is 11.3 Å². The first-order valence-corrected chi connectivity index (χ1v) is 10.7. The minimum atomic E-state index is 0.594. The second kappa shape index (κ2) is 6.42. The molecule has 0 aliphatic heterocycles. The fourth-order valence-electron chi connectivity index (χ4n) is 6.56. The van der Waals surface area contributed by atoms with Crippen molar-refractivity contribution in [3.8, 4) is 11.3 Å². The van der Waals surface area contributed by atoms with Crippen molar-refractivity contribution in [3.63, 3.8) is 0 Å². The minimum Gasteiger partial charge on any atom is -0.455 e. The zero-order valence-electron chi connectivity index (χ0n) is 15.6. The van der Waals surface area contributed by atoms with Gasteiger partial charge < -0.3 is 9.73 Å². The van der Waals surface area contributed by atoms with E-state index in [1.807, 2.05) is 18.2 Å². The summed E-state index contributed by atoms with van der Waals surface area (Å²) < 4.78 is 6.10. The van der Waals surface area contributed by atoms with Gasteiger partial charge in [0.1, 0.15) is 12.3 Å². The highest BCUT2D eigenvalue weighted by molar-refractivity contribution is 6.30. The third-order valence-corrected chi connectivity index (χ3v) is 7.73. The molecule has 4 fully saturated rings. The van der Waals surface area contributed by atoms with Crippen LogP contribution >= 0.6 is 11.6 Å². The molecular weight excluding hydrogens is 342 g/mol. The molecule has 2 nitrogen and oxygen atoms in total. The maximum atomic E-state index is 6.11. The molecule has 4 aliphatic rings. The molecule has 0 spiro atoms. The number of halogens is 1. The Balaban J connectivity index is 1.25.